The molecule has 4 amide bonds. The highest BCUT2D eigenvalue weighted by molar-refractivity contribution is 9.09. The first-order chi connectivity index (χ1) is 46.3. The van der Waals surface area contributed by atoms with E-state index in [1.165, 1.54) is 53.7 Å². The van der Waals surface area contributed by atoms with Gasteiger partial charge in [0.25, 0.3) is 11.8 Å². The molecule has 3 saturated heterocycles. The highest BCUT2D eigenvalue weighted by Gasteiger charge is 2.50. The van der Waals surface area contributed by atoms with Crippen LogP contribution in [0, 0.1) is 11.8 Å². The van der Waals surface area contributed by atoms with Gasteiger partial charge in [-0.15, -0.1) is 5.06 Å². The van der Waals surface area contributed by atoms with E-state index in [9.17, 15) is 72.9 Å². The number of fused-ring (bicyclic) bond motifs is 1. The number of carbonyl (C=O) groups excluding carboxylic acids is 11. The molecule has 34 heteroatoms. The average Bonchev–Trinajstić information content (AvgIpc) is 1.51. The number of carboxylic acid groups (broad SMARTS) is 1. The lowest BCUT2D eigenvalue weighted by molar-refractivity contribution is -0.299. The standard InChI is InChI=1S/C21H31NO8.C13H19BrO7.C13H21NO8.C9H9NO3.C8H5NO3.3CH4/c23-12-16-18(26)19(27)20(28)21(30-16)29-13-15(24)10-6-1-2-7-11-17(25)22-14-8-4-3-5-9-14;1-6-11(19-8(3)16)12(20-9(4)17)10(21-13(6)14)5-18-7(2)15;1-6-11(19-8(3)16)12(20-9(4)17)10(5-18-7(2)15)21-13(6)22-14;11-8(6-9(12)13)10-7-4-2-1-3-5-7;10-7-5-3-1-2-4-6(5)8(11)9(7)12;;;/h3-5,8-9,16,18-21,23,26-28H,1-2,6-7,10-13H2,(H,22,25);6,10-13H,5H2,1-4H3;6,10-13H,5,14H2,1-4H3;1-5H,6H2,(H,10,11)(H,12,13);1-4,12H;3*1H4/t16-,18+,19+,20-,21-;2*6-,10-,11-,12+,13+;;;;;/m111...../s1. The molecule has 3 aromatic rings. The summed E-state index contributed by atoms with van der Waals surface area (Å²) >= 11 is 3.33. The van der Waals surface area contributed by atoms with Crippen molar-refractivity contribution in [1.82, 2.24) is 5.06 Å². The minimum absolute atomic E-state index is 0. The molecule has 3 aromatic carbocycles. The number of benzene rings is 3. The number of halogens is 1. The molecule has 0 saturated carbocycles. The number of carboxylic acids is 1. The molecule has 101 heavy (non-hydrogen) atoms. The monoisotopic (exact) mass is 1500 g/mol. The number of ether oxygens (including phenoxy) is 10. The van der Waals surface area contributed by atoms with Crippen LogP contribution in [0.2, 0.25) is 0 Å². The predicted octanol–water partition coefficient (Wildman–Crippen LogP) is 4.86. The van der Waals surface area contributed by atoms with E-state index in [1.807, 2.05) is 36.4 Å². The molecule has 0 bridgehead atoms. The summed E-state index contributed by atoms with van der Waals surface area (Å²) in [4.78, 5) is 139. The highest BCUT2D eigenvalue weighted by Crippen LogP contribution is 2.34. The van der Waals surface area contributed by atoms with Crippen molar-refractivity contribution in [3.05, 3.63) is 96.1 Å². The van der Waals surface area contributed by atoms with Gasteiger partial charge in [0.05, 0.1) is 17.7 Å². The number of rotatable bonds is 24. The maximum absolute atomic E-state index is 11.9. The molecule has 566 valence electrons. The second-order valence-electron chi connectivity index (χ2n) is 22.2. The second kappa shape index (κ2) is 47.8. The number of anilines is 2. The number of para-hydroxylation sites is 2. The molecule has 4 aliphatic heterocycles. The Bertz CT molecular complexity index is 3080. The number of Topliss-reactive ketones (excluding diaryl/α,β-unsaturated/α-hetero) is 1. The number of hydrogen-bond acceptors (Lipinski definition) is 29. The number of aliphatic carboxylic acids is 1. The quantitative estimate of drug-likeness (QED) is 0.00844. The summed E-state index contributed by atoms with van der Waals surface area (Å²) in [5.74, 6) is -1.92. The number of nitrogens with zero attached hydrogens (tertiary/aromatic N) is 1. The summed E-state index contributed by atoms with van der Waals surface area (Å²) in [5, 5.41) is 60.6. The van der Waals surface area contributed by atoms with Gasteiger partial charge in [0.1, 0.15) is 80.1 Å². The minimum Gasteiger partial charge on any atom is -0.481 e. The maximum Gasteiger partial charge on any atom is 0.312 e. The summed E-state index contributed by atoms with van der Waals surface area (Å²) in [6.45, 7) is 9.78. The third kappa shape index (κ3) is 32.5. The van der Waals surface area contributed by atoms with E-state index < -0.39 is 157 Å². The molecule has 3 fully saturated rings. The number of amides is 4. The van der Waals surface area contributed by atoms with Crippen LogP contribution in [0.15, 0.2) is 84.9 Å². The Balaban J connectivity index is 0.00000127. The fourth-order valence-corrected chi connectivity index (χ4v) is 10.1. The molecule has 0 radical (unpaired) electrons. The molecule has 7 rings (SSSR count). The number of unbranched alkanes of at least 4 members (excludes halogenated alkanes) is 3. The van der Waals surface area contributed by atoms with Crippen LogP contribution < -0.4 is 16.5 Å². The minimum atomic E-state index is -1.53. The summed E-state index contributed by atoms with van der Waals surface area (Å²) in [5.41, 5.74) is 1.89. The molecule has 0 spiro atoms. The number of hydrogen-bond donors (Lipinski definition) is 9. The summed E-state index contributed by atoms with van der Waals surface area (Å²) < 4.78 is 52.2. The number of aliphatic hydroxyl groups is 4. The number of aliphatic hydroxyl groups excluding tert-OH is 4. The van der Waals surface area contributed by atoms with Crippen LogP contribution in [0.3, 0.4) is 0 Å². The lowest BCUT2D eigenvalue weighted by atomic mass is 9.92. The number of hydroxylamine groups is 2. The van der Waals surface area contributed by atoms with E-state index in [0.29, 0.717) is 18.5 Å². The number of imide groups is 1. The Morgan fingerprint density at radius 2 is 0.931 bits per heavy atom. The smallest absolute Gasteiger partial charge is 0.312 e. The first-order valence-electron chi connectivity index (χ1n) is 30.6. The molecule has 10 N–H and O–H groups in total. The number of nitrogens with one attached hydrogen (secondary N) is 2. The first kappa shape index (κ1) is 92.7. The van der Waals surface area contributed by atoms with E-state index in [0.717, 1.165) is 24.9 Å². The van der Waals surface area contributed by atoms with Crippen molar-refractivity contribution < 1.29 is 140 Å². The Hall–Kier alpha value is -8.26. The fourth-order valence-electron chi connectivity index (χ4n) is 9.49. The van der Waals surface area contributed by atoms with Gasteiger partial charge in [-0.1, -0.05) is 113 Å². The van der Waals surface area contributed by atoms with Gasteiger partial charge in [-0.2, -0.15) is 0 Å². The van der Waals surface area contributed by atoms with E-state index in [2.05, 4.69) is 26.6 Å². The average molecular weight is 1500 g/mol. The van der Waals surface area contributed by atoms with Crippen LogP contribution in [-0.4, -0.2) is 212 Å². The number of carbonyl (C=O) groups is 12. The van der Waals surface area contributed by atoms with E-state index in [1.54, 1.807) is 50.2 Å². The topological polar surface area (TPSA) is 481 Å². The first-order valence-corrected chi connectivity index (χ1v) is 31.5. The lowest BCUT2D eigenvalue weighted by Crippen LogP contribution is -2.59. The Labute approximate surface area is 593 Å². The predicted molar refractivity (Wildman–Crippen MR) is 359 cm³/mol. The molecule has 4 heterocycles. The third-order valence-electron chi connectivity index (χ3n) is 14.2. The van der Waals surface area contributed by atoms with Gasteiger partial charge in [0.15, 0.2) is 30.6 Å². The van der Waals surface area contributed by atoms with Crippen molar-refractivity contribution in [3.63, 3.8) is 0 Å². The van der Waals surface area contributed by atoms with Crippen molar-refractivity contribution in [1.29, 1.82) is 0 Å². The zero-order chi connectivity index (χ0) is 73.3. The Morgan fingerprint density at radius 3 is 1.36 bits per heavy atom. The molecule has 33 nitrogen and oxygen atoms in total. The van der Waals surface area contributed by atoms with Gasteiger partial charge >= 0.3 is 41.8 Å². The Kier molecular flexibility index (Phi) is 43.9. The molecular formula is C67H97BrN4O29. The number of ketones is 1. The summed E-state index contributed by atoms with van der Waals surface area (Å²) in [6, 6.07) is 24.3. The van der Waals surface area contributed by atoms with Gasteiger partial charge in [0.2, 0.25) is 11.8 Å². The molecule has 15 atom stereocenters. The SMILES string of the molecule is C.C.C.CC(=O)OC[C@H]1O[C@@H](ON)[C@H](C)[C@@H](OC(C)=O)[C@H]1OC(C)=O.CC(=O)OC[C@H]1O[C@H](Br)[C@H](C)[C@@H](OC(C)=O)[C@H]1OC(C)=O.O=C(CCCCCCC(=O)Nc1ccccc1)CO[C@@H]1O[C@H](CO)[C@H](O)[C@H](O)[C@H]1O.O=C(O)CC(=O)Nc1ccccc1.O=C1c2ccccc2C(=O)N1O. The third-order valence-corrected chi connectivity index (χ3v) is 15.2. The van der Waals surface area contributed by atoms with Crippen molar-refractivity contribution in [3.8, 4) is 0 Å². The van der Waals surface area contributed by atoms with Gasteiger partial charge < -0.3 is 83.5 Å². The fraction of sp³-hybridized carbons (Fsp3) is 0.552. The molecular weight excluding hydrogens is 1400 g/mol. The van der Waals surface area contributed by atoms with Crippen molar-refractivity contribution in [2.24, 2.45) is 17.7 Å². The number of esters is 6. The van der Waals surface area contributed by atoms with Gasteiger partial charge in [-0.05, 0) is 49.2 Å². The molecule has 0 aliphatic carbocycles. The zero-order valence-electron chi connectivity index (χ0n) is 55.0. The van der Waals surface area contributed by atoms with Crippen molar-refractivity contribution in [2.45, 2.75) is 201 Å². The number of nitrogens with two attached hydrogens (primary N) is 1. The van der Waals surface area contributed by atoms with Gasteiger partial charge in [-0.25, -0.2) is 5.90 Å². The van der Waals surface area contributed by atoms with E-state index >= 15 is 0 Å². The highest BCUT2D eigenvalue weighted by atomic mass is 79.9. The van der Waals surface area contributed by atoms with E-state index in [-0.39, 0.29) is 82.3 Å². The maximum atomic E-state index is 11.9. The lowest BCUT2D eigenvalue weighted by Gasteiger charge is -2.43. The van der Waals surface area contributed by atoms with Crippen LogP contribution in [0.25, 0.3) is 0 Å². The van der Waals surface area contributed by atoms with Crippen LogP contribution in [0.5, 0.6) is 0 Å². The van der Waals surface area contributed by atoms with Crippen LogP contribution in [0.1, 0.15) is 143 Å². The molecule has 0 unspecified atom stereocenters. The van der Waals surface area contributed by atoms with Crippen molar-refractivity contribution >= 4 is 98.5 Å². The van der Waals surface area contributed by atoms with Crippen molar-refractivity contribution in [2.75, 3.05) is 37.1 Å². The van der Waals surface area contributed by atoms with Crippen LogP contribution >= 0.6 is 15.9 Å². The second-order valence-corrected chi connectivity index (χ2v) is 23.1. The summed E-state index contributed by atoms with van der Waals surface area (Å²) in [7, 11) is 0. The molecule has 0 aromatic heterocycles. The number of alkyl halides is 1. The Morgan fingerprint density at radius 1 is 0.525 bits per heavy atom. The van der Waals surface area contributed by atoms with Gasteiger partial charge in [-0.3, -0.25) is 67.6 Å². The molecule has 4 aliphatic rings. The van der Waals surface area contributed by atoms with E-state index in [4.69, 9.17) is 73.5 Å². The summed E-state index contributed by atoms with van der Waals surface area (Å²) in [6.07, 6.45) is -9.49. The zero-order valence-corrected chi connectivity index (χ0v) is 56.6. The normalized spacial score (nSPS) is 24.3. The van der Waals surface area contributed by atoms with Gasteiger partial charge in [0, 0.05) is 77.6 Å². The van der Waals surface area contributed by atoms with Crippen LogP contribution in [-0.2, 0) is 100 Å². The largest absolute Gasteiger partial charge is 0.481 e. The van der Waals surface area contributed by atoms with Crippen LogP contribution in [0.4, 0.5) is 11.4 Å².